The van der Waals surface area contributed by atoms with Crippen LogP contribution >= 0.6 is 0 Å². The number of hydrogen-bond acceptors (Lipinski definition) is 7. The third-order valence-electron chi connectivity index (χ3n) is 4.22. The van der Waals surface area contributed by atoms with Crippen LogP contribution in [0, 0.1) is 6.92 Å². The third kappa shape index (κ3) is 4.70. The van der Waals surface area contributed by atoms with E-state index in [9.17, 15) is 13.2 Å². The smallest absolute Gasteiger partial charge is 0.263 e. The van der Waals surface area contributed by atoms with Crippen LogP contribution in [0.15, 0.2) is 39.8 Å². The van der Waals surface area contributed by atoms with Gasteiger partial charge in [-0.2, -0.15) is 0 Å². The van der Waals surface area contributed by atoms with Crippen molar-refractivity contribution in [2.75, 3.05) is 31.5 Å². The SMILES string of the molecule is COCC1CN(C(=O)c2cccc(S(=O)(=O)Nc3cc(C)on3)c2)CC(C)O1. The summed E-state index contributed by atoms with van der Waals surface area (Å²) in [5.41, 5.74) is 0.282. The summed E-state index contributed by atoms with van der Waals surface area (Å²) in [7, 11) is -2.33. The van der Waals surface area contributed by atoms with Crippen LogP contribution < -0.4 is 4.72 Å². The van der Waals surface area contributed by atoms with E-state index in [4.69, 9.17) is 14.0 Å². The van der Waals surface area contributed by atoms with Gasteiger partial charge in [0.05, 0.1) is 23.7 Å². The Hall–Kier alpha value is -2.43. The average molecular weight is 409 g/mol. The highest BCUT2D eigenvalue weighted by molar-refractivity contribution is 7.92. The molecule has 0 spiro atoms. The molecule has 1 aromatic heterocycles. The van der Waals surface area contributed by atoms with Crippen molar-refractivity contribution in [3.8, 4) is 0 Å². The van der Waals surface area contributed by atoms with Crippen molar-refractivity contribution in [3.05, 3.63) is 41.7 Å². The zero-order chi connectivity index (χ0) is 20.3. The van der Waals surface area contributed by atoms with E-state index in [-0.39, 0.29) is 34.4 Å². The molecule has 1 saturated heterocycles. The molecule has 2 aromatic rings. The van der Waals surface area contributed by atoms with Crippen LogP contribution in [-0.4, -0.2) is 63.4 Å². The Labute approximate surface area is 163 Å². The molecule has 2 unspecified atom stereocenters. The molecule has 10 heteroatoms. The second-order valence-corrected chi connectivity index (χ2v) is 8.37. The molecule has 0 radical (unpaired) electrons. The van der Waals surface area contributed by atoms with Crippen molar-refractivity contribution in [2.24, 2.45) is 0 Å². The van der Waals surface area contributed by atoms with Crippen LogP contribution in [0.5, 0.6) is 0 Å². The second-order valence-electron chi connectivity index (χ2n) is 6.69. The van der Waals surface area contributed by atoms with Crippen LogP contribution in [0.3, 0.4) is 0 Å². The second kappa shape index (κ2) is 8.29. The molecule has 1 amide bonds. The number of nitrogens with one attached hydrogen (secondary N) is 1. The molecule has 28 heavy (non-hydrogen) atoms. The number of ether oxygens (including phenoxy) is 2. The molecular formula is C18H23N3O6S. The first-order valence-corrected chi connectivity index (χ1v) is 10.3. The summed E-state index contributed by atoms with van der Waals surface area (Å²) < 4.78 is 43.3. The van der Waals surface area contributed by atoms with E-state index in [1.165, 1.54) is 24.3 Å². The highest BCUT2D eigenvalue weighted by Gasteiger charge is 2.29. The number of morpholine rings is 1. The Balaban J connectivity index is 1.79. The quantitative estimate of drug-likeness (QED) is 0.772. The molecule has 3 rings (SSSR count). The molecular weight excluding hydrogens is 386 g/mol. The van der Waals surface area contributed by atoms with Gasteiger partial charge in [-0.3, -0.25) is 9.52 Å². The third-order valence-corrected chi connectivity index (χ3v) is 5.58. The van der Waals surface area contributed by atoms with Gasteiger partial charge in [-0.25, -0.2) is 8.42 Å². The van der Waals surface area contributed by atoms with Crippen molar-refractivity contribution < 1.29 is 27.2 Å². The van der Waals surface area contributed by atoms with E-state index in [2.05, 4.69) is 9.88 Å². The van der Waals surface area contributed by atoms with Crippen molar-refractivity contribution in [3.63, 3.8) is 0 Å². The molecule has 0 bridgehead atoms. The van der Waals surface area contributed by atoms with E-state index in [1.807, 2.05) is 6.92 Å². The highest BCUT2D eigenvalue weighted by Crippen LogP contribution is 2.20. The first-order valence-electron chi connectivity index (χ1n) is 8.78. The van der Waals surface area contributed by atoms with E-state index >= 15 is 0 Å². The molecule has 0 saturated carbocycles. The van der Waals surface area contributed by atoms with E-state index in [0.717, 1.165) is 0 Å². The number of nitrogens with zero attached hydrogens (tertiary/aromatic N) is 2. The summed E-state index contributed by atoms with van der Waals surface area (Å²) in [6.07, 6.45) is -0.358. The fourth-order valence-electron chi connectivity index (χ4n) is 3.08. The Morgan fingerprint density at radius 2 is 2.14 bits per heavy atom. The predicted molar refractivity (Wildman–Crippen MR) is 101 cm³/mol. The van der Waals surface area contributed by atoms with Crippen LogP contribution in [-0.2, 0) is 19.5 Å². The molecule has 1 aliphatic heterocycles. The molecule has 1 fully saturated rings. The first kappa shape index (κ1) is 20.3. The topological polar surface area (TPSA) is 111 Å². The number of aryl methyl sites for hydroxylation is 1. The Bertz CT molecular complexity index is 942. The molecule has 0 aliphatic carbocycles. The lowest BCUT2D eigenvalue weighted by Crippen LogP contribution is -2.50. The maximum absolute atomic E-state index is 12.9. The lowest BCUT2D eigenvalue weighted by Gasteiger charge is -2.36. The van der Waals surface area contributed by atoms with Crippen molar-refractivity contribution in [1.29, 1.82) is 0 Å². The van der Waals surface area contributed by atoms with Crippen molar-refractivity contribution in [1.82, 2.24) is 10.1 Å². The number of benzene rings is 1. The minimum atomic E-state index is -3.90. The van der Waals surface area contributed by atoms with Gasteiger partial charge in [0.15, 0.2) is 5.82 Å². The van der Waals surface area contributed by atoms with Gasteiger partial charge in [-0.1, -0.05) is 11.2 Å². The zero-order valence-corrected chi connectivity index (χ0v) is 16.7. The Morgan fingerprint density at radius 1 is 1.36 bits per heavy atom. The predicted octanol–water partition coefficient (Wildman–Crippen LogP) is 1.66. The van der Waals surface area contributed by atoms with Gasteiger partial charge in [-0.15, -0.1) is 0 Å². The molecule has 9 nitrogen and oxygen atoms in total. The molecule has 2 heterocycles. The standard InChI is InChI=1S/C18H23N3O6S/c1-12-7-17(19-27-12)20-28(23,24)16-6-4-5-14(8-16)18(22)21-9-13(2)26-15(10-21)11-25-3/h4-8,13,15H,9-11H2,1-3H3,(H,19,20). The fourth-order valence-corrected chi connectivity index (χ4v) is 4.11. The zero-order valence-electron chi connectivity index (χ0n) is 15.9. The number of methoxy groups -OCH3 is 1. The van der Waals surface area contributed by atoms with Crippen molar-refractivity contribution in [2.45, 2.75) is 31.0 Å². The van der Waals surface area contributed by atoms with E-state index < -0.39 is 10.0 Å². The summed E-state index contributed by atoms with van der Waals surface area (Å²) in [4.78, 5) is 14.5. The molecule has 152 valence electrons. The normalized spacial score (nSPS) is 20.2. The van der Waals surface area contributed by atoms with Crippen LogP contribution in [0.1, 0.15) is 23.0 Å². The maximum Gasteiger partial charge on any atom is 0.263 e. The summed E-state index contributed by atoms with van der Waals surface area (Å²) in [5, 5.41) is 3.63. The Kier molecular flexibility index (Phi) is 6.01. The van der Waals surface area contributed by atoms with Gasteiger partial charge in [0.1, 0.15) is 5.76 Å². The summed E-state index contributed by atoms with van der Waals surface area (Å²) in [6.45, 7) is 4.72. The van der Waals surface area contributed by atoms with Crippen LogP contribution in [0.25, 0.3) is 0 Å². The Morgan fingerprint density at radius 3 is 2.82 bits per heavy atom. The lowest BCUT2D eigenvalue weighted by molar-refractivity contribution is -0.0918. The minimum Gasteiger partial charge on any atom is -0.382 e. The lowest BCUT2D eigenvalue weighted by atomic mass is 10.1. The monoisotopic (exact) mass is 409 g/mol. The maximum atomic E-state index is 12.9. The number of amides is 1. The molecule has 1 aromatic carbocycles. The van der Waals surface area contributed by atoms with E-state index in [1.54, 1.807) is 25.0 Å². The van der Waals surface area contributed by atoms with Gasteiger partial charge in [0.2, 0.25) is 0 Å². The minimum absolute atomic E-state index is 0.0336. The number of aromatic nitrogens is 1. The highest BCUT2D eigenvalue weighted by atomic mass is 32.2. The van der Waals surface area contributed by atoms with Crippen molar-refractivity contribution >= 4 is 21.7 Å². The van der Waals surface area contributed by atoms with Gasteiger partial charge in [0.25, 0.3) is 15.9 Å². The van der Waals surface area contributed by atoms with Gasteiger partial charge >= 0.3 is 0 Å². The summed E-state index contributed by atoms with van der Waals surface area (Å²) in [5.74, 6) is 0.304. The number of anilines is 1. The van der Waals surface area contributed by atoms with Crippen LogP contribution in [0.4, 0.5) is 5.82 Å². The number of rotatable bonds is 6. The van der Waals surface area contributed by atoms with Gasteiger partial charge in [-0.05, 0) is 32.0 Å². The number of hydrogen-bond donors (Lipinski definition) is 1. The molecule has 2 atom stereocenters. The number of sulfonamides is 1. The molecule has 1 aliphatic rings. The summed E-state index contributed by atoms with van der Waals surface area (Å²) in [6, 6.07) is 7.36. The van der Waals surface area contributed by atoms with Crippen LogP contribution in [0.2, 0.25) is 0 Å². The molecule has 1 N–H and O–H groups in total. The number of carbonyl (C=O) groups excluding carboxylic acids is 1. The van der Waals surface area contributed by atoms with E-state index in [0.29, 0.717) is 25.5 Å². The average Bonchev–Trinajstić information content (AvgIpc) is 3.05. The first-order chi connectivity index (χ1) is 13.3. The largest absolute Gasteiger partial charge is 0.382 e. The fraction of sp³-hybridized carbons (Fsp3) is 0.444. The van der Waals surface area contributed by atoms with Gasteiger partial charge in [0, 0.05) is 31.8 Å². The number of carbonyl (C=O) groups is 1. The van der Waals surface area contributed by atoms with Gasteiger partial charge < -0.3 is 18.9 Å². The summed E-state index contributed by atoms with van der Waals surface area (Å²) >= 11 is 0.